The minimum absolute atomic E-state index is 0.269. The SMILES string of the molecule is CCCOC(=O)N(C)C(C)C(=O)N(C)C(C)C(=O)N(C)C(C)C(=O)OCCCC(C)C. The lowest BCUT2D eigenvalue weighted by atomic mass is 10.1. The molecule has 0 aromatic rings. The molecule has 0 aromatic carbocycles. The zero-order valence-corrected chi connectivity index (χ0v) is 20.6. The van der Waals surface area contributed by atoms with Crippen LogP contribution in [0.3, 0.4) is 0 Å². The topological polar surface area (TPSA) is 96.5 Å². The van der Waals surface area contributed by atoms with Crippen molar-refractivity contribution in [2.75, 3.05) is 34.4 Å². The minimum Gasteiger partial charge on any atom is -0.464 e. The van der Waals surface area contributed by atoms with Crippen LogP contribution < -0.4 is 0 Å². The number of nitrogens with zero attached hydrogens (tertiary/aromatic N) is 3. The van der Waals surface area contributed by atoms with Gasteiger partial charge in [0, 0.05) is 21.1 Å². The Hall–Kier alpha value is -2.32. The molecular weight excluding hydrogens is 402 g/mol. The zero-order chi connectivity index (χ0) is 24.3. The van der Waals surface area contributed by atoms with Gasteiger partial charge in [0.2, 0.25) is 11.8 Å². The van der Waals surface area contributed by atoms with Gasteiger partial charge in [0.25, 0.3) is 0 Å². The lowest BCUT2D eigenvalue weighted by Crippen LogP contribution is -2.54. The maximum absolute atomic E-state index is 12.8. The molecule has 3 atom stereocenters. The fourth-order valence-electron chi connectivity index (χ4n) is 2.69. The molecule has 0 saturated heterocycles. The average Bonchev–Trinajstić information content (AvgIpc) is 2.75. The summed E-state index contributed by atoms with van der Waals surface area (Å²) in [6, 6.07) is -2.41. The lowest BCUT2D eigenvalue weighted by Gasteiger charge is -2.33. The van der Waals surface area contributed by atoms with E-state index in [1.165, 1.54) is 35.8 Å². The van der Waals surface area contributed by atoms with E-state index in [1.54, 1.807) is 20.8 Å². The molecule has 0 bridgehead atoms. The second kappa shape index (κ2) is 13.9. The van der Waals surface area contributed by atoms with E-state index in [9.17, 15) is 19.2 Å². The highest BCUT2D eigenvalue weighted by Crippen LogP contribution is 2.11. The highest BCUT2D eigenvalue weighted by atomic mass is 16.6. The molecule has 0 N–H and O–H groups in total. The number of carbonyl (C=O) groups is 4. The first-order valence-corrected chi connectivity index (χ1v) is 11.0. The molecular formula is C22H41N3O6. The highest BCUT2D eigenvalue weighted by molar-refractivity contribution is 5.92. The Bertz CT molecular complexity index is 610. The maximum atomic E-state index is 12.8. The van der Waals surface area contributed by atoms with Crippen LogP contribution in [-0.4, -0.2) is 91.1 Å². The molecule has 0 saturated carbocycles. The fraction of sp³-hybridized carbons (Fsp3) is 0.818. The molecule has 0 aliphatic heterocycles. The third-order valence-corrected chi connectivity index (χ3v) is 5.38. The van der Waals surface area contributed by atoms with E-state index < -0.39 is 42.0 Å². The molecule has 31 heavy (non-hydrogen) atoms. The van der Waals surface area contributed by atoms with Crippen LogP contribution in [0.5, 0.6) is 0 Å². The van der Waals surface area contributed by atoms with Crippen molar-refractivity contribution in [2.24, 2.45) is 5.92 Å². The molecule has 0 aliphatic carbocycles. The Kier molecular flexibility index (Phi) is 12.8. The van der Waals surface area contributed by atoms with Crippen LogP contribution in [0.1, 0.15) is 60.8 Å². The van der Waals surface area contributed by atoms with Crippen LogP contribution >= 0.6 is 0 Å². The van der Waals surface area contributed by atoms with Crippen molar-refractivity contribution < 1.29 is 28.7 Å². The summed E-state index contributed by atoms with van der Waals surface area (Å²) in [4.78, 5) is 53.6. The van der Waals surface area contributed by atoms with Crippen molar-refractivity contribution in [1.29, 1.82) is 0 Å². The summed E-state index contributed by atoms with van der Waals surface area (Å²) < 4.78 is 10.3. The molecule has 0 aromatic heterocycles. The molecule has 3 amide bonds. The molecule has 9 heteroatoms. The first-order chi connectivity index (χ1) is 14.4. The number of likely N-dealkylation sites (N-methyl/N-ethyl adjacent to an activating group) is 3. The predicted molar refractivity (Wildman–Crippen MR) is 118 cm³/mol. The van der Waals surface area contributed by atoms with Gasteiger partial charge in [-0.1, -0.05) is 20.8 Å². The molecule has 180 valence electrons. The van der Waals surface area contributed by atoms with Crippen molar-refractivity contribution in [2.45, 2.75) is 78.9 Å². The van der Waals surface area contributed by atoms with Gasteiger partial charge in [-0.05, 0) is 46.0 Å². The molecule has 0 aliphatic rings. The molecule has 0 fully saturated rings. The maximum Gasteiger partial charge on any atom is 0.410 e. The zero-order valence-electron chi connectivity index (χ0n) is 20.6. The molecule has 9 nitrogen and oxygen atoms in total. The number of hydrogen-bond acceptors (Lipinski definition) is 6. The second-order valence-corrected chi connectivity index (χ2v) is 8.36. The first-order valence-electron chi connectivity index (χ1n) is 11.0. The number of hydrogen-bond donors (Lipinski definition) is 0. The van der Waals surface area contributed by atoms with Gasteiger partial charge in [0.15, 0.2) is 0 Å². The van der Waals surface area contributed by atoms with Gasteiger partial charge in [-0.2, -0.15) is 0 Å². The van der Waals surface area contributed by atoms with Gasteiger partial charge in [0.1, 0.15) is 18.1 Å². The monoisotopic (exact) mass is 443 g/mol. The van der Waals surface area contributed by atoms with Crippen molar-refractivity contribution in [3.05, 3.63) is 0 Å². The van der Waals surface area contributed by atoms with Gasteiger partial charge >= 0.3 is 12.1 Å². The van der Waals surface area contributed by atoms with Gasteiger partial charge < -0.3 is 19.3 Å². The summed E-state index contributed by atoms with van der Waals surface area (Å²) >= 11 is 0. The van der Waals surface area contributed by atoms with E-state index >= 15 is 0 Å². The van der Waals surface area contributed by atoms with Crippen molar-refractivity contribution in [3.8, 4) is 0 Å². The second-order valence-electron chi connectivity index (χ2n) is 8.36. The summed E-state index contributed by atoms with van der Waals surface area (Å²) in [6.07, 6.45) is 1.81. The van der Waals surface area contributed by atoms with Crippen LogP contribution in [-0.2, 0) is 23.9 Å². The summed E-state index contributed by atoms with van der Waals surface area (Å²) in [5, 5.41) is 0. The molecule has 0 spiro atoms. The Morgan fingerprint density at radius 3 is 1.68 bits per heavy atom. The first kappa shape index (κ1) is 28.7. The van der Waals surface area contributed by atoms with E-state index in [-0.39, 0.29) is 6.61 Å². The number of esters is 1. The van der Waals surface area contributed by atoms with E-state index in [0.29, 0.717) is 18.9 Å². The fourth-order valence-corrected chi connectivity index (χ4v) is 2.69. The number of amides is 3. The minimum atomic E-state index is -0.823. The Balaban J connectivity index is 4.88. The van der Waals surface area contributed by atoms with Crippen molar-refractivity contribution in [1.82, 2.24) is 14.7 Å². The quantitative estimate of drug-likeness (QED) is 0.340. The van der Waals surface area contributed by atoms with Crippen LogP contribution in [0.2, 0.25) is 0 Å². The molecule has 3 unspecified atom stereocenters. The van der Waals surface area contributed by atoms with E-state index in [0.717, 1.165) is 12.8 Å². The summed E-state index contributed by atoms with van der Waals surface area (Å²) in [5.74, 6) is -0.753. The summed E-state index contributed by atoms with van der Waals surface area (Å²) in [5.41, 5.74) is 0. The van der Waals surface area contributed by atoms with Crippen molar-refractivity contribution in [3.63, 3.8) is 0 Å². The Morgan fingerprint density at radius 2 is 1.19 bits per heavy atom. The van der Waals surface area contributed by atoms with Gasteiger partial charge in [-0.15, -0.1) is 0 Å². The Labute approximate surface area is 187 Å². The lowest BCUT2D eigenvalue weighted by molar-refractivity contribution is -0.156. The van der Waals surface area contributed by atoms with Crippen LogP contribution in [0.15, 0.2) is 0 Å². The third kappa shape index (κ3) is 9.14. The average molecular weight is 444 g/mol. The Morgan fingerprint density at radius 1 is 0.710 bits per heavy atom. The predicted octanol–water partition coefficient (Wildman–Crippen LogP) is 2.53. The summed E-state index contributed by atoms with van der Waals surface area (Å²) in [7, 11) is 4.48. The van der Waals surface area contributed by atoms with E-state index in [2.05, 4.69) is 13.8 Å². The van der Waals surface area contributed by atoms with Gasteiger partial charge in [0.05, 0.1) is 13.2 Å². The standard InChI is InChI=1S/C22H41N3O6/c1-10-13-31-22(29)25(9)17(5)20(27)23(7)16(4)19(26)24(8)18(6)21(28)30-14-11-12-15(2)3/h15-18H,10-14H2,1-9H3. The number of carbonyl (C=O) groups excluding carboxylic acids is 4. The molecule has 0 radical (unpaired) electrons. The highest BCUT2D eigenvalue weighted by Gasteiger charge is 2.34. The third-order valence-electron chi connectivity index (χ3n) is 5.38. The number of ether oxygens (including phenoxy) is 2. The van der Waals surface area contributed by atoms with Crippen LogP contribution in [0, 0.1) is 5.92 Å². The molecule has 0 heterocycles. The largest absolute Gasteiger partial charge is 0.464 e. The van der Waals surface area contributed by atoms with Crippen LogP contribution in [0.4, 0.5) is 4.79 Å². The van der Waals surface area contributed by atoms with Crippen molar-refractivity contribution >= 4 is 23.9 Å². The number of rotatable bonds is 12. The molecule has 0 rings (SSSR count). The summed E-state index contributed by atoms with van der Waals surface area (Å²) in [6.45, 7) is 11.4. The normalized spacial score (nSPS) is 13.7. The van der Waals surface area contributed by atoms with Gasteiger partial charge in [-0.25, -0.2) is 9.59 Å². The van der Waals surface area contributed by atoms with Crippen LogP contribution in [0.25, 0.3) is 0 Å². The van der Waals surface area contributed by atoms with Gasteiger partial charge in [-0.3, -0.25) is 14.5 Å². The van der Waals surface area contributed by atoms with E-state index in [1.807, 2.05) is 6.92 Å². The van der Waals surface area contributed by atoms with E-state index in [4.69, 9.17) is 9.47 Å². The smallest absolute Gasteiger partial charge is 0.410 e.